The number of aromatic nitrogens is 1. The first-order valence-electron chi connectivity index (χ1n) is 6.43. The molecule has 0 bridgehead atoms. The van der Waals surface area contributed by atoms with Gasteiger partial charge in [0, 0.05) is 17.4 Å². The minimum absolute atomic E-state index is 0.789. The van der Waals surface area contributed by atoms with E-state index >= 15 is 0 Å². The zero-order valence-electron chi connectivity index (χ0n) is 10.2. The average Bonchev–Trinajstić information content (AvgIpc) is 2.82. The number of nitrogens with zero attached hydrogens (tertiary/aromatic N) is 1. The number of aryl methyl sites for hydroxylation is 1. The molecule has 0 atom stereocenters. The van der Waals surface area contributed by atoms with Gasteiger partial charge < -0.3 is 4.74 Å². The van der Waals surface area contributed by atoms with Crippen LogP contribution in [0.3, 0.4) is 0 Å². The summed E-state index contributed by atoms with van der Waals surface area (Å²) in [6.45, 7) is 3.03. The van der Waals surface area contributed by atoms with E-state index in [2.05, 4.69) is 30.1 Å². The van der Waals surface area contributed by atoms with E-state index in [1.54, 1.807) is 0 Å². The fraction of sp³-hybridized carbons (Fsp3) is 0.400. The smallest absolute Gasteiger partial charge is 0.217 e. The van der Waals surface area contributed by atoms with Crippen molar-refractivity contribution in [2.45, 2.75) is 32.6 Å². The van der Waals surface area contributed by atoms with Crippen molar-refractivity contribution >= 4 is 10.9 Å². The molecular formula is C15H17NO. The van der Waals surface area contributed by atoms with Crippen molar-refractivity contribution < 1.29 is 4.74 Å². The highest BCUT2D eigenvalue weighted by molar-refractivity contribution is 5.84. The molecule has 0 unspecified atom stereocenters. The Labute approximate surface area is 102 Å². The monoisotopic (exact) mass is 227 g/mol. The van der Waals surface area contributed by atoms with Gasteiger partial charge in [0.15, 0.2) is 0 Å². The van der Waals surface area contributed by atoms with Crippen LogP contribution in [0.25, 0.3) is 10.9 Å². The van der Waals surface area contributed by atoms with Gasteiger partial charge in [-0.05, 0) is 24.5 Å². The maximum Gasteiger partial charge on any atom is 0.217 e. The number of hydrogen-bond donors (Lipinski definition) is 0. The van der Waals surface area contributed by atoms with Crippen molar-refractivity contribution in [2.24, 2.45) is 0 Å². The maximum absolute atomic E-state index is 5.62. The SMILES string of the molecule is CCCCc1c2c(nc3ccccc13)OCC2. The Morgan fingerprint density at radius 2 is 2.18 bits per heavy atom. The number of benzene rings is 1. The van der Waals surface area contributed by atoms with Crippen molar-refractivity contribution in [3.05, 3.63) is 35.4 Å². The molecular weight excluding hydrogens is 210 g/mol. The third-order valence-electron chi connectivity index (χ3n) is 3.44. The molecule has 2 nitrogen and oxygen atoms in total. The van der Waals surface area contributed by atoms with Crippen LogP contribution in [-0.2, 0) is 12.8 Å². The summed E-state index contributed by atoms with van der Waals surface area (Å²) in [6, 6.07) is 8.40. The molecule has 0 saturated heterocycles. The molecule has 1 aliphatic rings. The quantitative estimate of drug-likeness (QED) is 0.800. The van der Waals surface area contributed by atoms with Gasteiger partial charge in [-0.25, -0.2) is 4.98 Å². The van der Waals surface area contributed by atoms with Crippen LogP contribution in [0, 0.1) is 0 Å². The van der Waals surface area contributed by atoms with E-state index in [1.807, 2.05) is 6.07 Å². The highest BCUT2D eigenvalue weighted by atomic mass is 16.5. The number of para-hydroxylation sites is 1. The zero-order chi connectivity index (χ0) is 11.7. The van der Waals surface area contributed by atoms with Crippen LogP contribution in [0.2, 0.25) is 0 Å². The van der Waals surface area contributed by atoms with Gasteiger partial charge in [0.25, 0.3) is 0 Å². The largest absolute Gasteiger partial charge is 0.477 e. The predicted molar refractivity (Wildman–Crippen MR) is 69.6 cm³/mol. The van der Waals surface area contributed by atoms with E-state index in [1.165, 1.54) is 29.4 Å². The Hall–Kier alpha value is -1.57. The van der Waals surface area contributed by atoms with E-state index in [0.29, 0.717) is 0 Å². The van der Waals surface area contributed by atoms with E-state index < -0.39 is 0 Å². The van der Waals surface area contributed by atoms with E-state index in [9.17, 15) is 0 Å². The molecule has 2 heterocycles. The first kappa shape index (κ1) is 10.6. The second-order valence-corrected chi connectivity index (χ2v) is 4.59. The molecule has 0 amide bonds. The summed E-state index contributed by atoms with van der Waals surface area (Å²) in [4.78, 5) is 4.60. The molecule has 0 radical (unpaired) electrons. The Bertz CT molecular complexity index is 548. The topological polar surface area (TPSA) is 22.1 Å². The summed E-state index contributed by atoms with van der Waals surface area (Å²) in [6.07, 6.45) is 4.63. The van der Waals surface area contributed by atoms with Gasteiger partial charge in [-0.15, -0.1) is 0 Å². The van der Waals surface area contributed by atoms with Crippen LogP contribution >= 0.6 is 0 Å². The molecule has 0 saturated carbocycles. The van der Waals surface area contributed by atoms with Crippen molar-refractivity contribution in [3.63, 3.8) is 0 Å². The number of hydrogen-bond acceptors (Lipinski definition) is 2. The minimum Gasteiger partial charge on any atom is -0.477 e. The molecule has 1 aromatic carbocycles. The maximum atomic E-state index is 5.62. The number of pyridine rings is 1. The summed E-state index contributed by atoms with van der Waals surface area (Å²) in [5, 5.41) is 1.31. The van der Waals surface area contributed by atoms with E-state index in [4.69, 9.17) is 4.74 Å². The molecule has 2 aromatic rings. The van der Waals surface area contributed by atoms with Gasteiger partial charge in [-0.2, -0.15) is 0 Å². The molecule has 2 heteroatoms. The third kappa shape index (κ3) is 1.78. The molecule has 0 spiro atoms. The van der Waals surface area contributed by atoms with Crippen molar-refractivity contribution in [2.75, 3.05) is 6.61 Å². The van der Waals surface area contributed by atoms with Crippen molar-refractivity contribution in [1.82, 2.24) is 4.98 Å². The molecule has 17 heavy (non-hydrogen) atoms. The van der Waals surface area contributed by atoms with Crippen LogP contribution in [-0.4, -0.2) is 11.6 Å². The van der Waals surface area contributed by atoms with Crippen LogP contribution < -0.4 is 4.74 Å². The Morgan fingerprint density at radius 1 is 1.29 bits per heavy atom. The number of rotatable bonds is 3. The molecule has 1 aromatic heterocycles. The number of ether oxygens (including phenoxy) is 1. The molecule has 88 valence electrons. The lowest BCUT2D eigenvalue weighted by Gasteiger charge is -2.10. The Morgan fingerprint density at radius 3 is 3.06 bits per heavy atom. The Kier molecular flexibility index (Phi) is 2.71. The standard InChI is InChI=1S/C15H17NO/c1-2-3-6-11-12-7-4-5-8-14(12)16-15-13(11)9-10-17-15/h4-5,7-8H,2-3,6,9-10H2,1H3. The number of unbranched alkanes of at least 4 members (excludes halogenated alkanes) is 1. The second kappa shape index (κ2) is 4.36. The van der Waals surface area contributed by atoms with E-state index in [-0.39, 0.29) is 0 Å². The molecule has 0 N–H and O–H groups in total. The fourth-order valence-corrected chi connectivity index (χ4v) is 2.56. The van der Waals surface area contributed by atoms with Crippen molar-refractivity contribution in [1.29, 1.82) is 0 Å². The fourth-order valence-electron chi connectivity index (χ4n) is 2.56. The lowest BCUT2D eigenvalue weighted by molar-refractivity contribution is 0.346. The van der Waals surface area contributed by atoms with Gasteiger partial charge >= 0.3 is 0 Å². The lowest BCUT2D eigenvalue weighted by Crippen LogP contribution is -1.96. The number of fused-ring (bicyclic) bond motifs is 2. The molecule has 0 fully saturated rings. The first-order chi connectivity index (χ1) is 8.40. The second-order valence-electron chi connectivity index (χ2n) is 4.59. The average molecular weight is 227 g/mol. The van der Waals surface area contributed by atoms with Gasteiger partial charge in [-0.1, -0.05) is 31.5 Å². The van der Waals surface area contributed by atoms with Crippen LogP contribution in [0.15, 0.2) is 24.3 Å². The van der Waals surface area contributed by atoms with Gasteiger partial charge in [0.1, 0.15) is 0 Å². The normalized spacial score (nSPS) is 13.7. The molecule has 0 aliphatic carbocycles. The van der Waals surface area contributed by atoms with Gasteiger partial charge in [-0.3, -0.25) is 0 Å². The van der Waals surface area contributed by atoms with Crippen LogP contribution in [0.1, 0.15) is 30.9 Å². The Balaban J connectivity index is 2.20. The summed E-state index contributed by atoms with van der Waals surface area (Å²) in [7, 11) is 0. The molecule has 1 aliphatic heterocycles. The summed E-state index contributed by atoms with van der Waals surface area (Å²) < 4.78 is 5.62. The van der Waals surface area contributed by atoms with Gasteiger partial charge in [0.05, 0.1) is 12.1 Å². The summed E-state index contributed by atoms with van der Waals surface area (Å²) in [5.74, 6) is 0.870. The summed E-state index contributed by atoms with van der Waals surface area (Å²) >= 11 is 0. The molecule has 3 rings (SSSR count). The predicted octanol–water partition coefficient (Wildman–Crippen LogP) is 3.51. The lowest BCUT2D eigenvalue weighted by atomic mass is 9.97. The minimum atomic E-state index is 0.789. The zero-order valence-corrected chi connectivity index (χ0v) is 10.2. The van der Waals surface area contributed by atoms with Crippen molar-refractivity contribution in [3.8, 4) is 5.88 Å². The highest BCUT2D eigenvalue weighted by Gasteiger charge is 2.20. The van der Waals surface area contributed by atoms with Gasteiger partial charge in [0.2, 0.25) is 5.88 Å². The van der Waals surface area contributed by atoms with E-state index in [0.717, 1.165) is 30.8 Å². The highest BCUT2D eigenvalue weighted by Crippen LogP contribution is 2.32. The third-order valence-corrected chi connectivity index (χ3v) is 3.44. The van der Waals surface area contributed by atoms with Crippen LogP contribution in [0.4, 0.5) is 0 Å². The first-order valence-corrected chi connectivity index (χ1v) is 6.43. The summed E-state index contributed by atoms with van der Waals surface area (Å²) in [5.41, 5.74) is 3.88. The van der Waals surface area contributed by atoms with Crippen LogP contribution in [0.5, 0.6) is 5.88 Å².